The highest BCUT2D eigenvalue weighted by Gasteiger charge is 2.31. The number of aromatic nitrogens is 1. The molecule has 4 N–H and O–H groups in total. The standard InChI is InChI=1S/C11H18N4O2S/c1-2-13-11-14-9(12)8(18-11)10(17)15-5-3-4-7(15)6-16/h7,16H,2-6,12H2,1H3,(H,13,14). The van der Waals surface area contributed by atoms with Gasteiger partial charge in [-0.2, -0.15) is 0 Å². The van der Waals surface area contributed by atoms with Gasteiger partial charge < -0.3 is 21.1 Å². The van der Waals surface area contributed by atoms with E-state index in [4.69, 9.17) is 5.73 Å². The molecule has 7 heteroatoms. The molecular weight excluding hydrogens is 252 g/mol. The number of likely N-dealkylation sites (tertiary alicyclic amines) is 1. The quantitative estimate of drug-likeness (QED) is 0.751. The molecular formula is C11H18N4O2S. The molecule has 1 saturated heterocycles. The van der Waals surface area contributed by atoms with Crippen LogP contribution in [-0.2, 0) is 0 Å². The summed E-state index contributed by atoms with van der Waals surface area (Å²) in [6.07, 6.45) is 1.77. The van der Waals surface area contributed by atoms with Gasteiger partial charge in [0, 0.05) is 13.1 Å². The molecule has 1 fully saturated rings. The maximum atomic E-state index is 12.3. The molecule has 1 aromatic rings. The van der Waals surface area contributed by atoms with Crippen molar-refractivity contribution in [3.63, 3.8) is 0 Å². The van der Waals surface area contributed by atoms with E-state index in [1.807, 2.05) is 6.92 Å². The number of aliphatic hydroxyl groups is 1. The van der Waals surface area contributed by atoms with Crippen molar-refractivity contribution in [1.29, 1.82) is 0 Å². The van der Waals surface area contributed by atoms with Crippen LogP contribution in [0.4, 0.5) is 10.9 Å². The number of hydrogen-bond donors (Lipinski definition) is 3. The summed E-state index contributed by atoms with van der Waals surface area (Å²) in [5.74, 6) is 0.148. The molecule has 0 aliphatic carbocycles. The van der Waals surface area contributed by atoms with Gasteiger partial charge in [0.1, 0.15) is 10.7 Å². The summed E-state index contributed by atoms with van der Waals surface area (Å²) < 4.78 is 0. The number of hydrogen-bond acceptors (Lipinski definition) is 6. The van der Waals surface area contributed by atoms with E-state index in [-0.39, 0.29) is 24.4 Å². The van der Waals surface area contributed by atoms with E-state index in [2.05, 4.69) is 10.3 Å². The highest BCUT2D eigenvalue weighted by molar-refractivity contribution is 7.18. The number of rotatable bonds is 4. The van der Waals surface area contributed by atoms with Gasteiger partial charge in [-0.05, 0) is 19.8 Å². The summed E-state index contributed by atoms with van der Waals surface area (Å²) in [6.45, 7) is 3.38. The third kappa shape index (κ3) is 2.41. The zero-order valence-corrected chi connectivity index (χ0v) is 11.2. The van der Waals surface area contributed by atoms with E-state index in [0.29, 0.717) is 16.6 Å². The minimum Gasteiger partial charge on any atom is -0.394 e. The third-order valence-electron chi connectivity index (χ3n) is 3.02. The van der Waals surface area contributed by atoms with Crippen molar-refractivity contribution in [3.8, 4) is 0 Å². The number of anilines is 2. The Labute approximate surface area is 110 Å². The summed E-state index contributed by atoms with van der Waals surface area (Å²) in [6, 6.07) is -0.0819. The zero-order chi connectivity index (χ0) is 13.1. The smallest absolute Gasteiger partial charge is 0.268 e. The van der Waals surface area contributed by atoms with Gasteiger partial charge >= 0.3 is 0 Å². The van der Waals surface area contributed by atoms with E-state index in [9.17, 15) is 9.90 Å². The number of nitrogens with one attached hydrogen (secondary N) is 1. The molecule has 1 aliphatic rings. The van der Waals surface area contributed by atoms with Crippen molar-refractivity contribution >= 4 is 28.2 Å². The number of nitrogens with two attached hydrogens (primary N) is 1. The lowest BCUT2D eigenvalue weighted by atomic mass is 10.2. The average molecular weight is 270 g/mol. The van der Waals surface area contributed by atoms with Gasteiger partial charge in [-0.1, -0.05) is 11.3 Å². The predicted molar refractivity (Wildman–Crippen MR) is 71.8 cm³/mol. The molecule has 1 aromatic heterocycles. The maximum absolute atomic E-state index is 12.3. The maximum Gasteiger partial charge on any atom is 0.268 e. The summed E-state index contributed by atoms with van der Waals surface area (Å²) >= 11 is 1.27. The first kappa shape index (κ1) is 13.1. The number of thiazole rings is 1. The average Bonchev–Trinajstić information content (AvgIpc) is 2.95. The van der Waals surface area contributed by atoms with Gasteiger partial charge in [-0.15, -0.1) is 0 Å². The molecule has 0 spiro atoms. The van der Waals surface area contributed by atoms with E-state index in [0.717, 1.165) is 19.4 Å². The summed E-state index contributed by atoms with van der Waals surface area (Å²) in [4.78, 5) is 18.6. The molecule has 2 heterocycles. The Kier molecular flexibility index (Phi) is 4.03. The highest BCUT2D eigenvalue weighted by atomic mass is 32.1. The second-order valence-electron chi connectivity index (χ2n) is 4.24. The lowest BCUT2D eigenvalue weighted by molar-refractivity contribution is 0.0683. The Morgan fingerprint density at radius 1 is 1.72 bits per heavy atom. The fourth-order valence-corrected chi connectivity index (χ4v) is 3.04. The van der Waals surface area contributed by atoms with Crippen molar-refractivity contribution in [3.05, 3.63) is 4.88 Å². The van der Waals surface area contributed by atoms with Crippen LogP contribution in [0, 0.1) is 0 Å². The number of aliphatic hydroxyl groups excluding tert-OH is 1. The van der Waals surface area contributed by atoms with Crippen molar-refractivity contribution in [2.75, 3.05) is 30.7 Å². The minimum absolute atomic E-state index is 0.00448. The first-order chi connectivity index (χ1) is 8.67. The summed E-state index contributed by atoms with van der Waals surface area (Å²) in [5, 5.41) is 13.0. The fraction of sp³-hybridized carbons (Fsp3) is 0.636. The van der Waals surface area contributed by atoms with E-state index in [1.54, 1.807) is 4.90 Å². The second-order valence-corrected chi connectivity index (χ2v) is 5.24. The van der Waals surface area contributed by atoms with Crippen LogP contribution in [0.25, 0.3) is 0 Å². The highest BCUT2D eigenvalue weighted by Crippen LogP contribution is 2.29. The van der Waals surface area contributed by atoms with Crippen LogP contribution < -0.4 is 11.1 Å². The van der Waals surface area contributed by atoms with E-state index in [1.165, 1.54) is 11.3 Å². The molecule has 0 bridgehead atoms. The van der Waals surface area contributed by atoms with E-state index < -0.39 is 0 Å². The largest absolute Gasteiger partial charge is 0.394 e. The molecule has 0 aromatic carbocycles. The normalized spacial score (nSPS) is 19.2. The molecule has 18 heavy (non-hydrogen) atoms. The van der Waals surface area contributed by atoms with Crippen molar-refractivity contribution in [1.82, 2.24) is 9.88 Å². The number of nitrogen functional groups attached to an aromatic ring is 1. The Bertz CT molecular complexity index is 435. The predicted octanol–water partition coefficient (Wildman–Crippen LogP) is 0.754. The molecule has 1 aliphatic heterocycles. The number of carbonyl (C=O) groups excluding carboxylic acids is 1. The van der Waals surface area contributed by atoms with Gasteiger partial charge in [0.15, 0.2) is 5.13 Å². The summed E-state index contributed by atoms with van der Waals surface area (Å²) in [7, 11) is 0. The molecule has 2 rings (SSSR count). The fourth-order valence-electron chi connectivity index (χ4n) is 2.14. The Hall–Kier alpha value is -1.34. The van der Waals surface area contributed by atoms with Crippen molar-refractivity contribution < 1.29 is 9.90 Å². The lowest BCUT2D eigenvalue weighted by Crippen LogP contribution is -2.37. The van der Waals surface area contributed by atoms with Gasteiger partial charge in [0.2, 0.25) is 0 Å². The Morgan fingerprint density at radius 2 is 2.50 bits per heavy atom. The third-order valence-corrected chi connectivity index (χ3v) is 4.04. The SMILES string of the molecule is CCNc1nc(N)c(C(=O)N2CCCC2CO)s1. The summed E-state index contributed by atoms with van der Waals surface area (Å²) in [5.41, 5.74) is 5.78. The lowest BCUT2D eigenvalue weighted by Gasteiger charge is -2.22. The Morgan fingerprint density at radius 3 is 3.17 bits per heavy atom. The zero-order valence-electron chi connectivity index (χ0n) is 10.3. The monoisotopic (exact) mass is 270 g/mol. The van der Waals surface area contributed by atoms with Crippen LogP contribution in [0.1, 0.15) is 29.4 Å². The topological polar surface area (TPSA) is 91.5 Å². The van der Waals surface area contributed by atoms with Gasteiger partial charge in [-0.25, -0.2) is 4.98 Å². The van der Waals surface area contributed by atoms with Crippen LogP contribution in [0.15, 0.2) is 0 Å². The number of nitrogens with zero attached hydrogens (tertiary/aromatic N) is 2. The molecule has 0 radical (unpaired) electrons. The minimum atomic E-state index is -0.120. The molecule has 0 saturated carbocycles. The first-order valence-electron chi connectivity index (χ1n) is 6.09. The number of amides is 1. The van der Waals surface area contributed by atoms with Gasteiger partial charge in [0.05, 0.1) is 12.6 Å². The van der Waals surface area contributed by atoms with Crippen LogP contribution in [0.5, 0.6) is 0 Å². The van der Waals surface area contributed by atoms with Crippen LogP contribution in [0.3, 0.4) is 0 Å². The molecule has 1 unspecified atom stereocenters. The van der Waals surface area contributed by atoms with Crippen LogP contribution in [-0.4, -0.2) is 46.6 Å². The molecule has 1 atom stereocenters. The first-order valence-corrected chi connectivity index (χ1v) is 6.91. The number of carbonyl (C=O) groups is 1. The molecule has 6 nitrogen and oxygen atoms in total. The van der Waals surface area contributed by atoms with Crippen molar-refractivity contribution in [2.45, 2.75) is 25.8 Å². The van der Waals surface area contributed by atoms with E-state index >= 15 is 0 Å². The van der Waals surface area contributed by atoms with Crippen LogP contribution in [0.2, 0.25) is 0 Å². The molecule has 1 amide bonds. The second kappa shape index (κ2) is 5.53. The van der Waals surface area contributed by atoms with Gasteiger partial charge in [0.25, 0.3) is 5.91 Å². The van der Waals surface area contributed by atoms with Crippen molar-refractivity contribution in [2.24, 2.45) is 0 Å². The van der Waals surface area contributed by atoms with Crippen LogP contribution >= 0.6 is 11.3 Å². The molecule has 100 valence electrons. The van der Waals surface area contributed by atoms with Gasteiger partial charge in [-0.3, -0.25) is 4.79 Å². The Balaban J connectivity index is 2.17.